The first-order valence-corrected chi connectivity index (χ1v) is 8.49. The molecule has 0 aromatic rings. The second-order valence-electron chi connectivity index (χ2n) is 5.26. The van der Waals surface area contributed by atoms with E-state index in [0.29, 0.717) is 11.8 Å². The summed E-state index contributed by atoms with van der Waals surface area (Å²) in [6, 6.07) is 0.0851. The number of urea groups is 1. The van der Waals surface area contributed by atoms with E-state index in [1.54, 1.807) is 0 Å². The number of hydrogen-bond donors (Lipinski definition) is 3. The van der Waals surface area contributed by atoms with Gasteiger partial charge in [0.15, 0.2) is 0 Å². The third-order valence-electron chi connectivity index (χ3n) is 3.74. The molecule has 0 spiro atoms. The van der Waals surface area contributed by atoms with E-state index in [2.05, 4.69) is 17.6 Å². The Balaban J connectivity index is 2.30. The number of amides is 2. The predicted molar refractivity (Wildman–Crippen MR) is 82.1 cm³/mol. The smallest absolute Gasteiger partial charge is 0.315 e. The molecular formula is C14H26N2O3S. The fraction of sp³-hybridized carbons (Fsp3) is 0.857. The lowest BCUT2D eigenvalue weighted by atomic mass is 10.0. The van der Waals surface area contributed by atoms with Crippen molar-refractivity contribution in [2.45, 2.75) is 57.2 Å². The highest BCUT2D eigenvalue weighted by molar-refractivity contribution is 7.99. The van der Waals surface area contributed by atoms with Crippen LogP contribution in [0.1, 0.15) is 46.0 Å². The summed E-state index contributed by atoms with van der Waals surface area (Å²) in [5.41, 5.74) is 0. The summed E-state index contributed by atoms with van der Waals surface area (Å²) in [6.07, 6.45) is 4.23. The van der Waals surface area contributed by atoms with E-state index in [-0.39, 0.29) is 24.4 Å². The lowest BCUT2D eigenvalue weighted by molar-refractivity contribution is -0.138. The Hall–Kier alpha value is -0.910. The monoisotopic (exact) mass is 302 g/mol. The Labute approximate surface area is 125 Å². The van der Waals surface area contributed by atoms with Crippen molar-refractivity contribution in [1.82, 2.24) is 10.6 Å². The van der Waals surface area contributed by atoms with E-state index < -0.39 is 5.97 Å². The number of carboxylic acid groups (broad SMARTS) is 1. The molecule has 3 N–H and O–H groups in total. The minimum Gasteiger partial charge on any atom is -0.481 e. The topological polar surface area (TPSA) is 78.4 Å². The molecule has 116 valence electrons. The minimum absolute atomic E-state index is 0.00245. The Morgan fingerprint density at radius 2 is 2.10 bits per heavy atom. The maximum atomic E-state index is 11.9. The van der Waals surface area contributed by atoms with Gasteiger partial charge < -0.3 is 15.7 Å². The van der Waals surface area contributed by atoms with Gasteiger partial charge in [0.05, 0.1) is 0 Å². The highest BCUT2D eigenvalue weighted by Crippen LogP contribution is 2.29. The first-order chi connectivity index (χ1) is 9.56. The average molecular weight is 302 g/mol. The van der Waals surface area contributed by atoms with Gasteiger partial charge >= 0.3 is 12.0 Å². The van der Waals surface area contributed by atoms with Crippen LogP contribution >= 0.6 is 11.8 Å². The van der Waals surface area contributed by atoms with Crippen LogP contribution in [-0.2, 0) is 4.79 Å². The molecule has 6 heteroatoms. The van der Waals surface area contributed by atoms with Gasteiger partial charge in [0.25, 0.3) is 0 Å². The van der Waals surface area contributed by atoms with Crippen LogP contribution in [0.25, 0.3) is 0 Å². The van der Waals surface area contributed by atoms with E-state index >= 15 is 0 Å². The molecule has 0 saturated heterocycles. The molecule has 0 bridgehead atoms. The summed E-state index contributed by atoms with van der Waals surface area (Å²) in [4.78, 5) is 22.6. The number of carbonyl (C=O) groups is 2. The van der Waals surface area contributed by atoms with E-state index in [0.717, 1.165) is 18.6 Å². The van der Waals surface area contributed by atoms with E-state index in [1.165, 1.54) is 12.8 Å². The molecule has 1 aliphatic carbocycles. The summed E-state index contributed by atoms with van der Waals surface area (Å²) < 4.78 is 0. The van der Waals surface area contributed by atoms with Gasteiger partial charge in [-0.25, -0.2) is 4.79 Å². The van der Waals surface area contributed by atoms with Crippen LogP contribution in [0.3, 0.4) is 0 Å². The van der Waals surface area contributed by atoms with Crippen molar-refractivity contribution in [2.24, 2.45) is 5.92 Å². The Morgan fingerprint density at radius 1 is 1.35 bits per heavy atom. The zero-order valence-corrected chi connectivity index (χ0v) is 13.2. The van der Waals surface area contributed by atoms with Gasteiger partial charge in [-0.05, 0) is 24.5 Å². The van der Waals surface area contributed by atoms with Gasteiger partial charge in [-0.3, -0.25) is 4.79 Å². The predicted octanol–water partition coefficient (Wildman–Crippen LogP) is 2.46. The van der Waals surface area contributed by atoms with Crippen LogP contribution in [0.15, 0.2) is 0 Å². The van der Waals surface area contributed by atoms with E-state index in [1.807, 2.05) is 18.7 Å². The van der Waals surface area contributed by atoms with Crippen molar-refractivity contribution in [3.05, 3.63) is 0 Å². The molecule has 2 amide bonds. The van der Waals surface area contributed by atoms with E-state index in [9.17, 15) is 9.59 Å². The molecule has 0 radical (unpaired) electrons. The van der Waals surface area contributed by atoms with Gasteiger partial charge in [0, 0.05) is 24.3 Å². The molecular weight excluding hydrogens is 276 g/mol. The Morgan fingerprint density at radius 3 is 2.70 bits per heavy atom. The van der Waals surface area contributed by atoms with Gasteiger partial charge in [-0.2, -0.15) is 11.8 Å². The fourth-order valence-corrected chi connectivity index (χ4v) is 3.77. The highest BCUT2D eigenvalue weighted by Gasteiger charge is 2.28. The number of rotatable bonds is 8. The summed E-state index contributed by atoms with van der Waals surface area (Å²) in [5.74, 6) is 0.262. The largest absolute Gasteiger partial charge is 0.481 e. The average Bonchev–Trinajstić information content (AvgIpc) is 2.82. The zero-order valence-electron chi connectivity index (χ0n) is 12.4. The number of aliphatic carboxylic acids is 1. The normalized spacial score (nSPS) is 23.3. The number of nitrogens with one attached hydrogen (secondary N) is 2. The molecule has 3 unspecified atom stereocenters. The van der Waals surface area contributed by atoms with Crippen molar-refractivity contribution < 1.29 is 14.7 Å². The molecule has 1 aliphatic rings. The van der Waals surface area contributed by atoms with Gasteiger partial charge in [-0.1, -0.05) is 26.7 Å². The van der Waals surface area contributed by atoms with Crippen LogP contribution in [0, 0.1) is 5.92 Å². The highest BCUT2D eigenvalue weighted by atomic mass is 32.2. The Kier molecular flexibility index (Phi) is 7.80. The molecule has 0 aliphatic heterocycles. The van der Waals surface area contributed by atoms with Gasteiger partial charge in [-0.15, -0.1) is 0 Å². The second kappa shape index (κ2) is 9.10. The lowest BCUT2D eigenvalue weighted by Crippen LogP contribution is -2.46. The van der Waals surface area contributed by atoms with Crippen LogP contribution in [0.5, 0.6) is 0 Å². The quantitative estimate of drug-likeness (QED) is 0.643. The maximum absolute atomic E-state index is 11.9. The molecule has 5 nitrogen and oxygen atoms in total. The number of carbonyl (C=O) groups excluding carboxylic acids is 1. The second-order valence-corrected chi connectivity index (χ2v) is 6.77. The molecule has 20 heavy (non-hydrogen) atoms. The van der Waals surface area contributed by atoms with Gasteiger partial charge in [0.1, 0.15) is 0 Å². The van der Waals surface area contributed by atoms with Crippen molar-refractivity contribution in [1.29, 1.82) is 0 Å². The number of thioether (sulfide) groups is 1. The molecule has 0 aromatic carbocycles. The molecule has 0 aromatic heterocycles. The fourth-order valence-electron chi connectivity index (χ4n) is 2.57. The molecule has 0 heterocycles. The summed E-state index contributed by atoms with van der Waals surface area (Å²) in [7, 11) is 0. The molecule has 1 fully saturated rings. The summed E-state index contributed by atoms with van der Waals surface area (Å²) in [6.45, 7) is 4.50. The third kappa shape index (κ3) is 6.03. The SMILES string of the molecule is CCSC1CCCC1NC(=O)NCC(CC)CC(=O)O. The summed E-state index contributed by atoms with van der Waals surface area (Å²) >= 11 is 1.91. The van der Waals surface area contributed by atoms with Crippen molar-refractivity contribution in [3.8, 4) is 0 Å². The Bertz CT molecular complexity index is 326. The molecule has 1 saturated carbocycles. The van der Waals surface area contributed by atoms with Crippen LogP contribution in [-0.4, -0.2) is 40.7 Å². The van der Waals surface area contributed by atoms with E-state index in [4.69, 9.17) is 5.11 Å². The third-order valence-corrected chi connectivity index (χ3v) is 5.07. The standard InChI is InChI=1S/C14H26N2O3S/c1-3-10(8-13(17)18)9-15-14(19)16-11-6-5-7-12(11)20-4-2/h10-12H,3-9H2,1-2H3,(H,17,18)(H2,15,16,19). The number of hydrogen-bond acceptors (Lipinski definition) is 3. The minimum atomic E-state index is -0.811. The maximum Gasteiger partial charge on any atom is 0.315 e. The van der Waals surface area contributed by atoms with Crippen molar-refractivity contribution in [3.63, 3.8) is 0 Å². The summed E-state index contributed by atoms with van der Waals surface area (Å²) in [5, 5.41) is 15.1. The van der Waals surface area contributed by atoms with Crippen molar-refractivity contribution >= 4 is 23.8 Å². The van der Waals surface area contributed by atoms with Crippen LogP contribution in [0.2, 0.25) is 0 Å². The van der Waals surface area contributed by atoms with Crippen molar-refractivity contribution in [2.75, 3.05) is 12.3 Å². The zero-order chi connectivity index (χ0) is 15.0. The van der Waals surface area contributed by atoms with Crippen LogP contribution in [0.4, 0.5) is 4.79 Å². The lowest BCUT2D eigenvalue weighted by Gasteiger charge is -2.21. The molecule has 3 atom stereocenters. The van der Waals surface area contributed by atoms with Gasteiger partial charge in [0.2, 0.25) is 0 Å². The first-order valence-electron chi connectivity index (χ1n) is 7.44. The first kappa shape index (κ1) is 17.1. The van der Waals surface area contributed by atoms with Crippen LogP contribution < -0.4 is 10.6 Å². The molecule has 1 rings (SSSR count). The number of carboxylic acids is 1.